The summed E-state index contributed by atoms with van der Waals surface area (Å²) in [6.07, 6.45) is -15.9. The summed E-state index contributed by atoms with van der Waals surface area (Å²) in [6.45, 7) is -20.4. The van der Waals surface area contributed by atoms with Gasteiger partial charge in [-0.2, -0.15) is 0 Å². The van der Waals surface area contributed by atoms with Crippen LogP contribution in [-0.2, 0) is 15.9 Å². The van der Waals surface area contributed by atoms with E-state index in [2.05, 4.69) is 0 Å². The predicted octanol–water partition coefficient (Wildman–Crippen LogP) is 3.56. The maximum Gasteiger partial charge on any atom is 0.323 e. The number of nitrogens with two attached hydrogens (primary N) is 1. The molecular formula is C24H38N2O4. The van der Waals surface area contributed by atoms with Crippen LogP contribution in [0, 0.1) is 17.7 Å². The first kappa shape index (κ1) is 6.85. The lowest BCUT2D eigenvalue weighted by atomic mass is 9.79. The summed E-state index contributed by atoms with van der Waals surface area (Å²) >= 11 is 0. The Morgan fingerprint density at radius 1 is 1.43 bits per heavy atom. The highest BCUT2D eigenvalue weighted by Crippen LogP contribution is 2.44. The molecule has 168 valence electrons. The number of carbonyl (C=O) groups excluding carboxylic acids is 1. The molecule has 1 fully saturated rings. The van der Waals surface area contributed by atoms with Crippen molar-refractivity contribution in [2.75, 3.05) is 27.2 Å². The molecule has 1 saturated heterocycles. The number of carbonyl (C=O) groups is 1. The molecule has 2 aliphatic heterocycles. The van der Waals surface area contributed by atoms with Crippen LogP contribution in [0.2, 0.25) is 0 Å². The molecule has 0 aliphatic carbocycles. The molecule has 2 aliphatic rings. The number of methoxy groups -OCH3 is 2. The van der Waals surface area contributed by atoms with E-state index in [0.29, 0.717) is 6.92 Å². The highest BCUT2D eigenvalue weighted by Gasteiger charge is 2.41. The lowest BCUT2D eigenvalue weighted by Crippen LogP contribution is -2.51. The van der Waals surface area contributed by atoms with Gasteiger partial charge in [0.2, 0.25) is 0 Å². The molecule has 3 rings (SSSR count). The molecule has 30 heavy (non-hydrogen) atoms. The van der Waals surface area contributed by atoms with Crippen LogP contribution in [0.4, 0.5) is 0 Å². The molecule has 2 N–H and O–H groups in total. The zero-order valence-electron chi connectivity index (χ0n) is 41.3. The van der Waals surface area contributed by atoms with Crippen LogP contribution in [0.25, 0.3) is 0 Å². The van der Waals surface area contributed by atoms with Gasteiger partial charge in [-0.1, -0.05) is 27.5 Å². The summed E-state index contributed by atoms with van der Waals surface area (Å²) in [5.41, 5.74) is 3.31. The second-order valence-electron chi connectivity index (χ2n) is 6.13. The van der Waals surface area contributed by atoms with Crippen molar-refractivity contribution in [2.24, 2.45) is 23.4 Å². The zero-order valence-corrected chi connectivity index (χ0v) is 16.3. The van der Waals surface area contributed by atoms with E-state index < -0.39 is 134 Å². The van der Waals surface area contributed by atoms with Gasteiger partial charge >= 0.3 is 5.97 Å². The van der Waals surface area contributed by atoms with Crippen molar-refractivity contribution >= 4 is 5.97 Å². The molecular weight excluding hydrogens is 380 g/mol. The highest BCUT2D eigenvalue weighted by atomic mass is 16.5. The van der Waals surface area contributed by atoms with Crippen LogP contribution >= 0.6 is 0 Å². The fourth-order valence-electron chi connectivity index (χ4n) is 2.71. The first-order valence-corrected chi connectivity index (χ1v) is 8.52. The normalized spacial score (nSPS) is 51.4. The van der Waals surface area contributed by atoms with Gasteiger partial charge in [0.15, 0.2) is 11.5 Å². The van der Waals surface area contributed by atoms with Crippen molar-refractivity contribution in [1.29, 1.82) is 0 Å². The summed E-state index contributed by atoms with van der Waals surface area (Å²) in [4.78, 5) is 13.5. The topological polar surface area (TPSA) is 74.0 Å². The molecule has 5 atom stereocenters. The van der Waals surface area contributed by atoms with E-state index >= 15 is 0 Å². The highest BCUT2D eigenvalue weighted by molar-refractivity contribution is 5.76. The second kappa shape index (κ2) is 9.56. The van der Waals surface area contributed by atoms with E-state index in [1.54, 1.807) is 0 Å². The van der Waals surface area contributed by atoms with Crippen molar-refractivity contribution < 1.29 is 53.3 Å². The molecule has 0 spiro atoms. The number of rotatable bonds is 7. The molecule has 0 saturated carbocycles. The molecule has 4 unspecified atom stereocenters. The predicted molar refractivity (Wildman–Crippen MR) is 118 cm³/mol. The van der Waals surface area contributed by atoms with Crippen LogP contribution in [0.15, 0.2) is 12.1 Å². The summed E-state index contributed by atoms with van der Waals surface area (Å²) in [5.74, 6) is -16.9. The Labute approximate surface area is 216 Å². The Morgan fingerprint density at radius 2 is 2.17 bits per heavy atom. The van der Waals surface area contributed by atoms with Crippen LogP contribution in [0.1, 0.15) is 91.7 Å². The third-order valence-electron chi connectivity index (χ3n) is 4.05. The van der Waals surface area contributed by atoms with Crippen LogP contribution < -0.4 is 15.2 Å². The molecule has 1 aromatic rings. The van der Waals surface area contributed by atoms with Gasteiger partial charge < -0.3 is 19.9 Å². The molecule has 1 aromatic carbocycles. The van der Waals surface area contributed by atoms with Crippen molar-refractivity contribution in [3.05, 3.63) is 23.2 Å². The van der Waals surface area contributed by atoms with Gasteiger partial charge in [0.05, 0.1) is 18.3 Å². The Morgan fingerprint density at radius 3 is 2.83 bits per heavy atom. The fourth-order valence-corrected chi connectivity index (χ4v) is 2.71. The van der Waals surface area contributed by atoms with Crippen molar-refractivity contribution in [1.82, 2.24) is 4.90 Å². The molecule has 0 aromatic heterocycles. The number of ether oxygens (including phenoxy) is 3. The smallest absolute Gasteiger partial charge is 0.323 e. The van der Waals surface area contributed by atoms with Crippen LogP contribution in [0.3, 0.4) is 0 Å². The van der Waals surface area contributed by atoms with Gasteiger partial charge in [-0.05, 0) is 47.7 Å². The summed E-state index contributed by atoms with van der Waals surface area (Å²) in [6, 6.07) is -9.51. The fraction of sp³-hybridized carbons (Fsp3) is 0.708. The molecule has 0 radical (unpaired) electrons. The third-order valence-corrected chi connectivity index (χ3v) is 4.05. The van der Waals surface area contributed by atoms with E-state index in [1.807, 2.05) is 0 Å². The Hall–Kier alpha value is -1.79. The summed E-state index contributed by atoms with van der Waals surface area (Å²) < 4.78 is 228. The molecule has 6 nitrogen and oxygen atoms in total. The Bertz CT molecular complexity index is 1700. The summed E-state index contributed by atoms with van der Waals surface area (Å²) in [7, 11) is 1.86. The summed E-state index contributed by atoms with van der Waals surface area (Å²) in [5, 5.41) is 0. The van der Waals surface area contributed by atoms with Gasteiger partial charge in [0.25, 0.3) is 0 Å². The minimum absolute atomic E-state index is 0.299. The molecule has 0 amide bonds. The number of nitrogens with zero attached hydrogens (tertiary/aromatic N) is 1. The van der Waals surface area contributed by atoms with Crippen LogP contribution in [0.5, 0.6) is 11.5 Å². The molecule has 6 heteroatoms. The van der Waals surface area contributed by atoms with Gasteiger partial charge in [0, 0.05) is 61.5 Å². The number of hydrogen-bond donors (Lipinski definition) is 1. The lowest BCUT2D eigenvalue weighted by molar-refractivity contribution is -0.160. The number of hydrogen-bond acceptors (Lipinski definition) is 6. The van der Waals surface area contributed by atoms with E-state index in [0.717, 1.165) is 14.2 Å². The van der Waals surface area contributed by atoms with Gasteiger partial charge in [-0.15, -0.1) is 0 Å². The lowest BCUT2D eigenvalue weighted by Gasteiger charge is -2.47. The quantitative estimate of drug-likeness (QED) is 0.650. The average molecular weight is 444 g/mol. The van der Waals surface area contributed by atoms with Crippen molar-refractivity contribution in [2.45, 2.75) is 64.8 Å². The van der Waals surface area contributed by atoms with E-state index in [-0.39, 0.29) is 0 Å². The largest absolute Gasteiger partial charge is 0.493 e. The van der Waals surface area contributed by atoms with Gasteiger partial charge in [-0.25, -0.2) is 0 Å². The maximum absolute atomic E-state index is 13.9. The molecule has 0 bridgehead atoms. The van der Waals surface area contributed by atoms with Gasteiger partial charge in [-0.3, -0.25) is 9.69 Å². The number of esters is 1. The number of piperidine rings is 1. The van der Waals surface area contributed by atoms with E-state index in [1.165, 1.54) is 0 Å². The molecule has 2 heterocycles. The van der Waals surface area contributed by atoms with E-state index in [9.17, 15) is 11.6 Å². The Balaban J connectivity index is 2.70. The number of benzene rings is 1. The number of fused-ring (bicyclic) bond motifs is 3. The monoisotopic (exact) mass is 443 g/mol. The minimum Gasteiger partial charge on any atom is -0.493 e. The zero-order chi connectivity index (χ0) is 43.9. The first-order chi connectivity index (χ1) is 24.0. The standard InChI is InChI=1S/C24H38N2O4/c1-14(2)9-17-13-26-8-7-16-10-21(28-5)22(29-6)11-18(16)19(26)12-20(17)30-24(27)23(25)15(3)4/h10-11,14-15,17,19-20,23H,7-9,12-13,25H2,1-6H3/t17?,19?,20?,23-/m0/s1/i1D3,3D3,4D3,7D2,8D2,9D2,10D,11D,12D2,13D2,14D,15D,17D,23D/t14?,17?,19?,20?,23-. The average Bonchev–Trinajstić information content (AvgIpc) is 2.98. The van der Waals surface area contributed by atoms with Crippen molar-refractivity contribution in [3.63, 3.8) is 0 Å². The SMILES string of the molecule is [2H]c1c(OC)c(OC)c([2H])c2c1C1N(C([2H])([2H])C2([2H])[2H])C([2H])([2H])C([2H])(C([2H])([2H])C([2H])(C)C([2H])([2H])[2H])C(OC(=O)[C@@]([2H])(N)C([2H])(C([2H])([2H])[2H])C([2H])([2H])[2H])C1([2H])[2H]. The van der Waals surface area contributed by atoms with Crippen LogP contribution in [-0.4, -0.2) is 50.2 Å². The first-order valence-electron chi connectivity index (χ1n) is 21.0. The Kier molecular flexibility index (Phi) is 2.18. The van der Waals surface area contributed by atoms with Gasteiger partial charge in [0.1, 0.15) is 12.1 Å². The third kappa shape index (κ3) is 4.75. The minimum atomic E-state index is -4.56. The van der Waals surface area contributed by atoms with Crippen molar-refractivity contribution in [3.8, 4) is 11.5 Å². The van der Waals surface area contributed by atoms with E-state index in [4.69, 9.17) is 47.4 Å². The maximum atomic E-state index is 13.9. The second-order valence-corrected chi connectivity index (χ2v) is 6.13.